The largest absolute Gasteiger partial charge is 0.402 e. The van der Waals surface area contributed by atoms with E-state index in [1.54, 1.807) is 12.3 Å². The summed E-state index contributed by atoms with van der Waals surface area (Å²) in [5, 5.41) is 15.5. The Morgan fingerprint density at radius 2 is 2.03 bits per heavy atom. The minimum absolute atomic E-state index is 0.131. The summed E-state index contributed by atoms with van der Waals surface area (Å²) in [4.78, 5) is 33.0. The number of anilines is 2. The number of allylic oxidation sites excluding steroid dienone is 1. The highest BCUT2D eigenvalue weighted by Crippen LogP contribution is 2.33. The summed E-state index contributed by atoms with van der Waals surface area (Å²) >= 11 is 1.38. The van der Waals surface area contributed by atoms with Gasteiger partial charge in [0.1, 0.15) is 11.9 Å². The lowest BCUT2D eigenvalue weighted by Crippen LogP contribution is -2.40. The third-order valence-electron chi connectivity index (χ3n) is 6.78. The van der Waals surface area contributed by atoms with Gasteiger partial charge in [-0.25, -0.2) is 15.0 Å². The first kappa shape index (κ1) is 22.7. The molecule has 2 fully saturated rings. The van der Waals surface area contributed by atoms with Crippen LogP contribution in [0.25, 0.3) is 0 Å². The molecule has 2 aliphatic carbocycles. The number of carbonyl (C=O) groups is 1. The van der Waals surface area contributed by atoms with Gasteiger partial charge in [-0.2, -0.15) is 4.98 Å². The van der Waals surface area contributed by atoms with Gasteiger partial charge in [-0.1, -0.05) is 12.8 Å². The summed E-state index contributed by atoms with van der Waals surface area (Å²) in [5.74, 6) is 1.38. The number of aliphatic hydroxyl groups excluding tert-OH is 1. The first-order chi connectivity index (χ1) is 16.5. The number of hydrogen-bond donors (Lipinski definition) is 4. The maximum absolute atomic E-state index is 12.9. The zero-order valence-electron chi connectivity index (χ0n) is 19.0. The van der Waals surface area contributed by atoms with E-state index in [4.69, 9.17) is 21.4 Å². The molecule has 2 aromatic rings. The number of fused-ring (bicyclic) bond motifs is 1. The van der Waals surface area contributed by atoms with E-state index in [0.717, 1.165) is 36.2 Å². The summed E-state index contributed by atoms with van der Waals surface area (Å²) in [6.45, 7) is 0.657. The summed E-state index contributed by atoms with van der Waals surface area (Å²) in [6, 6.07) is -0.402. The summed E-state index contributed by atoms with van der Waals surface area (Å²) in [5.41, 5.74) is 14.8. The number of nitrogens with zero attached hydrogens (tertiary/aromatic N) is 5. The fraction of sp³-hybridized carbons (Fsp3) is 0.522. The second-order valence-electron chi connectivity index (χ2n) is 9.17. The first-order valence-electron chi connectivity index (χ1n) is 11.8. The number of aliphatic imine (C=N–C) groups is 1. The average Bonchev–Trinajstić information content (AvgIpc) is 3.59. The molecule has 2 unspecified atom stereocenters. The Balaban J connectivity index is 1.43. The molecule has 11 heteroatoms. The Hall–Kier alpha value is -3.05. The molecule has 1 saturated carbocycles. The van der Waals surface area contributed by atoms with Crippen LogP contribution in [0.1, 0.15) is 49.8 Å². The van der Waals surface area contributed by atoms with E-state index < -0.39 is 12.1 Å². The third kappa shape index (κ3) is 4.76. The van der Waals surface area contributed by atoms with Crippen molar-refractivity contribution in [2.75, 3.05) is 16.8 Å². The Morgan fingerprint density at radius 1 is 1.21 bits per heavy atom. The molecule has 1 aliphatic heterocycles. The number of aromatic nitrogens is 3. The van der Waals surface area contributed by atoms with Crippen LogP contribution < -0.4 is 21.7 Å². The van der Waals surface area contributed by atoms with Crippen LogP contribution in [0.15, 0.2) is 28.3 Å². The van der Waals surface area contributed by atoms with E-state index in [2.05, 4.69) is 15.3 Å². The molecule has 5 rings (SSSR count). The molecule has 0 radical (unpaired) electrons. The van der Waals surface area contributed by atoms with Crippen molar-refractivity contribution in [2.24, 2.45) is 22.4 Å². The molecule has 180 valence electrons. The van der Waals surface area contributed by atoms with E-state index in [-0.39, 0.29) is 11.7 Å². The van der Waals surface area contributed by atoms with E-state index in [0.29, 0.717) is 48.6 Å². The van der Waals surface area contributed by atoms with E-state index in [1.165, 1.54) is 24.2 Å². The molecular weight excluding hydrogens is 452 g/mol. The van der Waals surface area contributed by atoms with Gasteiger partial charge in [0.15, 0.2) is 10.9 Å². The zero-order valence-corrected chi connectivity index (χ0v) is 19.8. The van der Waals surface area contributed by atoms with Crippen molar-refractivity contribution in [1.82, 2.24) is 15.0 Å². The van der Waals surface area contributed by atoms with Crippen molar-refractivity contribution in [3.63, 3.8) is 0 Å². The molecule has 2 aromatic heterocycles. The lowest BCUT2D eigenvalue weighted by Gasteiger charge is -2.24. The normalized spacial score (nSPS) is 23.5. The van der Waals surface area contributed by atoms with Crippen molar-refractivity contribution in [3.05, 3.63) is 34.6 Å². The molecular formula is C23H30N8O2S. The minimum Gasteiger partial charge on any atom is -0.402 e. The van der Waals surface area contributed by atoms with Gasteiger partial charge in [0.2, 0.25) is 11.9 Å². The minimum atomic E-state index is -0.531. The molecule has 1 amide bonds. The Kier molecular flexibility index (Phi) is 6.46. The highest BCUT2D eigenvalue weighted by atomic mass is 32.1. The van der Waals surface area contributed by atoms with E-state index in [1.807, 2.05) is 10.3 Å². The predicted octanol–water partition coefficient (Wildman–Crippen LogP) is 2.02. The molecule has 0 spiro atoms. The number of thiazole rings is 1. The van der Waals surface area contributed by atoms with Crippen LogP contribution in [0.2, 0.25) is 0 Å². The number of carbonyl (C=O) groups excluding carboxylic acids is 1. The number of amidine groups is 1. The molecule has 34 heavy (non-hydrogen) atoms. The SMILES string of the molecule is NC(/C=C(\N)C1CCCC1)=Nc1nc(N2CCCC2C(=O)Nc2nccs2)nc2c1CC(O)C2. The van der Waals surface area contributed by atoms with Gasteiger partial charge >= 0.3 is 0 Å². The van der Waals surface area contributed by atoms with Crippen molar-refractivity contribution >= 4 is 40.0 Å². The number of nitrogens with two attached hydrogens (primary N) is 2. The Bertz CT molecular complexity index is 1110. The van der Waals surface area contributed by atoms with Gasteiger partial charge < -0.3 is 26.8 Å². The van der Waals surface area contributed by atoms with Gasteiger partial charge in [-0.3, -0.25) is 4.79 Å². The van der Waals surface area contributed by atoms with Crippen molar-refractivity contribution in [2.45, 2.75) is 63.5 Å². The highest BCUT2D eigenvalue weighted by molar-refractivity contribution is 7.13. The zero-order chi connectivity index (χ0) is 23.7. The fourth-order valence-electron chi connectivity index (χ4n) is 5.09. The van der Waals surface area contributed by atoms with Crippen molar-refractivity contribution in [3.8, 4) is 0 Å². The third-order valence-corrected chi connectivity index (χ3v) is 7.47. The van der Waals surface area contributed by atoms with Gasteiger partial charge in [0, 0.05) is 42.2 Å². The van der Waals surface area contributed by atoms with E-state index in [9.17, 15) is 9.90 Å². The maximum Gasteiger partial charge on any atom is 0.248 e. The molecule has 0 bridgehead atoms. The molecule has 3 heterocycles. The van der Waals surface area contributed by atoms with Crippen LogP contribution >= 0.6 is 11.3 Å². The summed E-state index contributed by atoms with van der Waals surface area (Å²) in [7, 11) is 0. The van der Waals surface area contributed by atoms with Gasteiger partial charge in [0.25, 0.3) is 0 Å². The van der Waals surface area contributed by atoms with Gasteiger partial charge in [-0.05, 0) is 37.7 Å². The maximum atomic E-state index is 12.9. The second kappa shape index (κ2) is 9.67. The van der Waals surface area contributed by atoms with Gasteiger partial charge in [0.05, 0.1) is 11.8 Å². The van der Waals surface area contributed by atoms with Crippen LogP contribution in [-0.2, 0) is 17.6 Å². The quantitative estimate of drug-likeness (QED) is 0.360. The van der Waals surface area contributed by atoms with Crippen LogP contribution in [0, 0.1) is 5.92 Å². The molecule has 0 aromatic carbocycles. The number of aliphatic hydroxyl groups is 1. The molecule has 3 aliphatic rings. The van der Waals surface area contributed by atoms with Crippen LogP contribution in [0.3, 0.4) is 0 Å². The molecule has 1 saturated heterocycles. The lowest BCUT2D eigenvalue weighted by molar-refractivity contribution is -0.117. The monoisotopic (exact) mass is 482 g/mol. The highest BCUT2D eigenvalue weighted by Gasteiger charge is 2.35. The summed E-state index contributed by atoms with van der Waals surface area (Å²) in [6.07, 6.45) is 9.78. The number of amides is 1. The number of rotatable bonds is 6. The van der Waals surface area contributed by atoms with Crippen LogP contribution in [-0.4, -0.2) is 50.5 Å². The predicted molar refractivity (Wildman–Crippen MR) is 132 cm³/mol. The fourth-order valence-corrected chi connectivity index (χ4v) is 5.62. The number of hydrogen-bond acceptors (Lipinski definition) is 9. The topological polar surface area (TPSA) is 156 Å². The van der Waals surface area contributed by atoms with Crippen LogP contribution in [0.5, 0.6) is 0 Å². The standard InChI is InChI=1S/C23H30N8O2S/c24-16(13-4-1-2-5-13)12-19(25)28-20-15-10-14(32)11-17(15)27-22(29-20)31-8-3-6-18(31)21(33)30-23-26-7-9-34-23/h7,9,12-14,18,32H,1-6,8,10-11,24H2,(H,26,30,33)(H2,25,27,28,29)/b16-12-. The number of nitrogens with one attached hydrogen (secondary N) is 1. The van der Waals surface area contributed by atoms with Gasteiger partial charge in [-0.15, -0.1) is 11.3 Å². The Morgan fingerprint density at radius 3 is 2.79 bits per heavy atom. The first-order valence-corrected chi connectivity index (χ1v) is 12.7. The smallest absolute Gasteiger partial charge is 0.248 e. The molecule has 2 atom stereocenters. The average molecular weight is 483 g/mol. The van der Waals surface area contributed by atoms with Crippen LogP contribution in [0.4, 0.5) is 16.9 Å². The lowest BCUT2D eigenvalue weighted by atomic mass is 10.0. The summed E-state index contributed by atoms with van der Waals surface area (Å²) < 4.78 is 0. The van der Waals surface area contributed by atoms with Crippen molar-refractivity contribution in [1.29, 1.82) is 0 Å². The Labute approximate surface area is 202 Å². The van der Waals surface area contributed by atoms with Crippen molar-refractivity contribution < 1.29 is 9.90 Å². The second-order valence-corrected chi connectivity index (χ2v) is 10.1. The molecule has 6 N–H and O–H groups in total. The molecule has 10 nitrogen and oxygen atoms in total. The van der Waals surface area contributed by atoms with E-state index >= 15 is 0 Å².